The van der Waals surface area contributed by atoms with Gasteiger partial charge in [-0.1, -0.05) is 12.1 Å². The van der Waals surface area contributed by atoms with Crippen molar-refractivity contribution in [2.24, 2.45) is 0 Å². The van der Waals surface area contributed by atoms with Gasteiger partial charge in [0.05, 0.1) is 10.9 Å². The molecule has 2 aromatic rings. The van der Waals surface area contributed by atoms with E-state index in [1.54, 1.807) is 25.3 Å². The first-order valence-electron chi connectivity index (χ1n) is 8.08. The van der Waals surface area contributed by atoms with E-state index in [0.717, 1.165) is 10.4 Å². The molecule has 0 saturated carbocycles. The zero-order valence-corrected chi connectivity index (χ0v) is 15.4. The maximum absolute atomic E-state index is 13.0. The summed E-state index contributed by atoms with van der Waals surface area (Å²) in [6.07, 6.45) is -0.0904. The number of aryl methyl sites for hydroxylation is 1. The number of methoxy groups -OCH3 is 1. The molecule has 0 spiro atoms. The van der Waals surface area contributed by atoms with Crippen molar-refractivity contribution in [2.45, 2.75) is 38.8 Å². The number of halogens is 1. The van der Waals surface area contributed by atoms with Crippen LogP contribution in [0.5, 0.6) is 0 Å². The van der Waals surface area contributed by atoms with Crippen LogP contribution in [-0.2, 0) is 9.53 Å². The average molecular weight is 363 g/mol. The van der Waals surface area contributed by atoms with E-state index in [9.17, 15) is 14.0 Å². The summed E-state index contributed by atoms with van der Waals surface area (Å²) in [5.41, 5.74) is 0.779. The maximum atomic E-state index is 13.0. The molecule has 1 amide bonds. The van der Waals surface area contributed by atoms with E-state index in [2.05, 4.69) is 5.32 Å². The molecule has 6 heteroatoms. The molecule has 134 valence electrons. The van der Waals surface area contributed by atoms with Gasteiger partial charge in [0.1, 0.15) is 11.9 Å². The van der Waals surface area contributed by atoms with E-state index in [1.165, 1.54) is 23.5 Å². The highest BCUT2D eigenvalue weighted by Gasteiger charge is 2.21. The molecule has 1 N–H and O–H groups in total. The predicted molar refractivity (Wildman–Crippen MR) is 96.4 cm³/mol. The predicted octanol–water partition coefficient (Wildman–Crippen LogP) is 4.05. The molecule has 0 aliphatic carbocycles. The van der Waals surface area contributed by atoms with Crippen LogP contribution in [0.4, 0.5) is 4.39 Å². The van der Waals surface area contributed by atoms with Crippen molar-refractivity contribution < 1.29 is 18.7 Å². The minimum Gasteiger partial charge on any atom is -0.375 e. The number of Topliss-reactive ketones (excluding diaryl/α,β-unsaturated/α-hetero) is 1. The van der Waals surface area contributed by atoms with Gasteiger partial charge in [-0.3, -0.25) is 9.59 Å². The van der Waals surface area contributed by atoms with Crippen molar-refractivity contribution in [2.75, 3.05) is 7.11 Å². The van der Waals surface area contributed by atoms with Gasteiger partial charge in [-0.2, -0.15) is 0 Å². The molecule has 0 fully saturated rings. The standard InChI is InChI=1S/C19H22FNO3S/c1-12-4-10-17(25-12)16(22)9-11-18(23)21-13(2)19(24-3)14-5-7-15(20)8-6-14/h4-8,10,13,19H,9,11H2,1-3H3,(H,21,23). The lowest BCUT2D eigenvalue weighted by Crippen LogP contribution is -2.37. The molecule has 1 aromatic heterocycles. The summed E-state index contributed by atoms with van der Waals surface area (Å²) in [4.78, 5) is 25.9. The van der Waals surface area contributed by atoms with Gasteiger partial charge >= 0.3 is 0 Å². The van der Waals surface area contributed by atoms with Crippen LogP contribution in [-0.4, -0.2) is 24.8 Å². The quantitative estimate of drug-likeness (QED) is 0.720. The van der Waals surface area contributed by atoms with Crippen molar-refractivity contribution in [3.63, 3.8) is 0 Å². The minimum atomic E-state index is -0.389. The van der Waals surface area contributed by atoms with Crippen LogP contribution in [0.1, 0.15) is 46.0 Å². The lowest BCUT2D eigenvalue weighted by Gasteiger charge is -2.24. The molecule has 25 heavy (non-hydrogen) atoms. The molecule has 0 aliphatic heterocycles. The number of ether oxygens (including phenoxy) is 1. The average Bonchev–Trinajstić information content (AvgIpc) is 3.01. The summed E-state index contributed by atoms with van der Waals surface area (Å²) in [5.74, 6) is -0.557. The van der Waals surface area contributed by atoms with Crippen LogP contribution in [0.25, 0.3) is 0 Å². The number of hydrogen-bond donors (Lipinski definition) is 1. The lowest BCUT2D eigenvalue weighted by atomic mass is 10.0. The highest BCUT2D eigenvalue weighted by Crippen LogP contribution is 2.21. The van der Waals surface area contributed by atoms with Crippen molar-refractivity contribution >= 4 is 23.0 Å². The SMILES string of the molecule is COC(c1ccc(F)cc1)C(C)NC(=O)CCC(=O)c1ccc(C)s1. The normalized spacial score (nSPS) is 13.3. The van der Waals surface area contributed by atoms with E-state index in [0.29, 0.717) is 4.88 Å². The topological polar surface area (TPSA) is 55.4 Å². The van der Waals surface area contributed by atoms with Gasteiger partial charge in [0, 0.05) is 24.8 Å². The summed E-state index contributed by atoms with van der Waals surface area (Å²) >= 11 is 1.44. The Morgan fingerprint density at radius 3 is 2.40 bits per heavy atom. The Labute approximate surface area is 151 Å². The Balaban J connectivity index is 1.87. The van der Waals surface area contributed by atoms with E-state index < -0.39 is 0 Å². The third-order valence-electron chi connectivity index (χ3n) is 3.89. The largest absolute Gasteiger partial charge is 0.375 e. The van der Waals surface area contributed by atoms with Gasteiger partial charge in [0.15, 0.2) is 5.78 Å². The molecule has 1 aromatic carbocycles. The van der Waals surface area contributed by atoms with Crippen molar-refractivity contribution in [1.82, 2.24) is 5.32 Å². The molecular weight excluding hydrogens is 341 g/mol. The Bertz CT molecular complexity index is 727. The number of thiophene rings is 1. The molecule has 0 radical (unpaired) electrons. The highest BCUT2D eigenvalue weighted by molar-refractivity contribution is 7.14. The number of rotatable bonds is 8. The van der Waals surface area contributed by atoms with Gasteiger partial charge in [0.2, 0.25) is 5.91 Å². The second kappa shape index (κ2) is 8.87. The third kappa shape index (κ3) is 5.47. The molecule has 2 atom stereocenters. The number of nitrogens with one attached hydrogen (secondary N) is 1. The molecule has 0 bridgehead atoms. The Hall–Kier alpha value is -2.05. The Morgan fingerprint density at radius 1 is 1.16 bits per heavy atom. The first kappa shape index (κ1) is 19.3. The van der Waals surface area contributed by atoms with Crippen LogP contribution >= 0.6 is 11.3 Å². The van der Waals surface area contributed by atoms with Crippen LogP contribution in [0.15, 0.2) is 36.4 Å². The molecular formula is C19H22FNO3S. The number of amides is 1. The molecule has 1 heterocycles. The van der Waals surface area contributed by atoms with E-state index >= 15 is 0 Å². The third-order valence-corrected chi connectivity index (χ3v) is 4.93. The van der Waals surface area contributed by atoms with Gasteiger partial charge in [-0.25, -0.2) is 4.39 Å². The fraction of sp³-hybridized carbons (Fsp3) is 0.368. The van der Waals surface area contributed by atoms with Gasteiger partial charge < -0.3 is 10.1 Å². The van der Waals surface area contributed by atoms with Gasteiger partial charge in [-0.15, -0.1) is 11.3 Å². The van der Waals surface area contributed by atoms with E-state index in [1.807, 2.05) is 19.9 Å². The molecule has 4 nitrogen and oxygen atoms in total. The summed E-state index contributed by atoms with van der Waals surface area (Å²) in [6.45, 7) is 3.76. The van der Waals surface area contributed by atoms with Crippen LogP contribution in [0, 0.1) is 12.7 Å². The first-order valence-corrected chi connectivity index (χ1v) is 8.89. The fourth-order valence-corrected chi connectivity index (χ4v) is 3.45. The second-order valence-corrected chi connectivity index (χ2v) is 7.19. The summed E-state index contributed by atoms with van der Waals surface area (Å²) in [7, 11) is 1.54. The molecule has 0 aliphatic rings. The fourth-order valence-electron chi connectivity index (χ4n) is 2.62. The number of ketones is 1. The number of carbonyl (C=O) groups is 2. The van der Waals surface area contributed by atoms with Crippen molar-refractivity contribution in [1.29, 1.82) is 0 Å². The van der Waals surface area contributed by atoms with E-state index in [-0.39, 0.29) is 42.5 Å². The monoisotopic (exact) mass is 363 g/mol. The highest BCUT2D eigenvalue weighted by atomic mass is 32.1. The summed E-state index contributed by atoms with van der Waals surface area (Å²) < 4.78 is 18.5. The maximum Gasteiger partial charge on any atom is 0.220 e. The lowest BCUT2D eigenvalue weighted by molar-refractivity contribution is -0.122. The Kier molecular flexibility index (Phi) is 6.84. The van der Waals surface area contributed by atoms with Crippen molar-refractivity contribution in [3.8, 4) is 0 Å². The zero-order valence-electron chi connectivity index (χ0n) is 14.5. The molecule has 2 rings (SSSR count). The second-order valence-electron chi connectivity index (χ2n) is 5.90. The molecule has 2 unspecified atom stereocenters. The number of hydrogen-bond acceptors (Lipinski definition) is 4. The van der Waals surface area contributed by atoms with Gasteiger partial charge in [0.25, 0.3) is 0 Å². The summed E-state index contributed by atoms with van der Waals surface area (Å²) in [5, 5.41) is 2.85. The smallest absolute Gasteiger partial charge is 0.220 e. The minimum absolute atomic E-state index is 0.0253. The van der Waals surface area contributed by atoms with Gasteiger partial charge in [-0.05, 0) is 43.7 Å². The Morgan fingerprint density at radius 2 is 1.84 bits per heavy atom. The number of benzene rings is 1. The van der Waals surface area contributed by atoms with E-state index in [4.69, 9.17) is 4.74 Å². The van der Waals surface area contributed by atoms with Crippen LogP contribution in [0.2, 0.25) is 0 Å². The summed E-state index contributed by atoms with van der Waals surface area (Å²) in [6, 6.07) is 9.37. The number of carbonyl (C=O) groups excluding carboxylic acids is 2. The van der Waals surface area contributed by atoms with Crippen LogP contribution < -0.4 is 5.32 Å². The molecule has 0 saturated heterocycles. The van der Waals surface area contributed by atoms with Crippen LogP contribution in [0.3, 0.4) is 0 Å². The van der Waals surface area contributed by atoms with Crippen molar-refractivity contribution in [3.05, 3.63) is 57.5 Å². The zero-order chi connectivity index (χ0) is 18.4. The first-order chi connectivity index (χ1) is 11.9.